The number of aliphatic carboxylic acids is 1. The first-order valence-electron chi connectivity index (χ1n) is 6.99. The molecule has 6 heteroatoms. The van der Waals surface area contributed by atoms with E-state index >= 15 is 0 Å². The van der Waals surface area contributed by atoms with Gasteiger partial charge < -0.3 is 10.4 Å². The molecule has 6 nitrogen and oxygen atoms in total. The summed E-state index contributed by atoms with van der Waals surface area (Å²) in [5.41, 5.74) is 1.89. The number of nitrogens with one attached hydrogen (secondary N) is 1. The summed E-state index contributed by atoms with van der Waals surface area (Å²) in [5, 5.41) is 16.2. The Bertz CT molecular complexity index is 679. The van der Waals surface area contributed by atoms with E-state index < -0.39 is 17.9 Å². The van der Waals surface area contributed by atoms with E-state index in [2.05, 4.69) is 10.4 Å². The van der Waals surface area contributed by atoms with E-state index in [-0.39, 0.29) is 5.91 Å². The normalized spacial score (nSPS) is 13.4. The molecule has 1 aromatic heterocycles. The van der Waals surface area contributed by atoms with Gasteiger partial charge in [0.05, 0.1) is 17.7 Å². The van der Waals surface area contributed by atoms with Gasteiger partial charge in [-0.1, -0.05) is 30.3 Å². The largest absolute Gasteiger partial charge is 0.481 e. The number of nitrogens with zero attached hydrogens (tertiary/aromatic N) is 2. The number of carboxylic acid groups (broad SMARTS) is 1. The van der Waals surface area contributed by atoms with Crippen LogP contribution in [0.4, 0.5) is 0 Å². The molecular weight excluding hydrogens is 282 g/mol. The Morgan fingerprint density at radius 1 is 1.27 bits per heavy atom. The number of benzene rings is 1. The second kappa shape index (κ2) is 6.43. The van der Waals surface area contributed by atoms with Crippen LogP contribution in [-0.4, -0.2) is 26.8 Å². The van der Waals surface area contributed by atoms with Crippen molar-refractivity contribution in [3.63, 3.8) is 0 Å². The minimum atomic E-state index is -0.963. The van der Waals surface area contributed by atoms with Gasteiger partial charge in [0.1, 0.15) is 5.69 Å². The molecule has 0 saturated carbocycles. The van der Waals surface area contributed by atoms with Crippen molar-refractivity contribution in [2.75, 3.05) is 0 Å². The smallest absolute Gasteiger partial charge is 0.308 e. The highest BCUT2D eigenvalue weighted by molar-refractivity contribution is 5.93. The maximum absolute atomic E-state index is 12.4. The first-order valence-corrected chi connectivity index (χ1v) is 6.99. The van der Waals surface area contributed by atoms with Crippen molar-refractivity contribution < 1.29 is 14.7 Å². The number of aryl methyl sites for hydroxylation is 2. The lowest BCUT2D eigenvalue weighted by Gasteiger charge is -2.22. The lowest BCUT2D eigenvalue weighted by Crippen LogP contribution is -2.36. The zero-order valence-electron chi connectivity index (χ0n) is 12.8. The Balaban J connectivity index is 2.29. The minimum absolute atomic E-state index is 0.343. The molecule has 116 valence electrons. The minimum Gasteiger partial charge on any atom is -0.481 e. The molecule has 1 aromatic carbocycles. The fourth-order valence-electron chi connectivity index (χ4n) is 2.34. The molecule has 0 spiro atoms. The maximum Gasteiger partial charge on any atom is 0.308 e. The van der Waals surface area contributed by atoms with Crippen molar-refractivity contribution in [3.8, 4) is 0 Å². The summed E-state index contributed by atoms with van der Waals surface area (Å²) in [7, 11) is 1.68. The van der Waals surface area contributed by atoms with Crippen molar-refractivity contribution in [2.24, 2.45) is 13.0 Å². The van der Waals surface area contributed by atoms with Gasteiger partial charge in [-0.3, -0.25) is 14.3 Å². The topological polar surface area (TPSA) is 84.2 Å². The van der Waals surface area contributed by atoms with Gasteiger partial charge in [-0.2, -0.15) is 5.10 Å². The molecule has 0 aliphatic rings. The van der Waals surface area contributed by atoms with E-state index in [9.17, 15) is 14.7 Å². The number of hydrogen-bond acceptors (Lipinski definition) is 3. The van der Waals surface area contributed by atoms with Gasteiger partial charge in [0.15, 0.2) is 0 Å². The molecule has 0 bridgehead atoms. The highest BCUT2D eigenvalue weighted by atomic mass is 16.4. The fourth-order valence-corrected chi connectivity index (χ4v) is 2.34. The van der Waals surface area contributed by atoms with Crippen LogP contribution >= 0.6 is 0 Å². The lowest BCUT2D eigenvalue weighted by molar-refractivity contribution is -0.142. The molecule has 2 unspecified atom stereocenters. The lowest BCUT2D eigenvalue weighted by atomic mass is 9.94. The highest BCUT2D eigenvalue weighted by Crippen LogP contribution is 2.22. The molecule has 1 amide bonds. The predicted molar refractivity (Wildman–Crippen MR) is 81.4 cm³/mol. The average Bonchev–Trinajstić information content (AvgIpc) is 2.83. The van der Waals surface area contributed by atoms with Gasteiger partial charge >= 0.3 is 5.97 Å². The number of carboxylic acids is 1. The van der Waals surface area contributed by atoms with Crippen molar-refractivity contribution in [1.82, 2.24) is 15.1 Å². The van der Waals surface area contributed by atoms with Crippen molar-refractivity contribution in [1.29, 1.82) is 0 Å². The third-order valence-electron chi connectivity index (χ3n) is 3.57. The molecule has 1 heterocycles. The number of rotatable bonds is 5. The molecule has 0 aliphatic heterocycles. The Hall–Kier alpha value is -2.63. The summed E-state index contributed by atoms with van der Waals surface area (Å²) in [5.74, 6) is -2.05. The van der Waals surface area contributed by atoms with Gasteiger partial charge in [-0.25, -0.2) is 0 Å². The van der Waals surface area contributed by atoms with Gasteiger partial charge in [0.2, 0.25) is 0 Å². The quantitative estimate of drug-likeness (QED) is 0.883. The summed E-state index contributed by atoms with van der Waals surface area (Å²) >= 11 is 0. The van der Waals surface area contributed by atoms with E-state index in [1.165, 1.54) is 4.68 Å². The number of carbonyl (C=O) groups excluding carboxylic acids is 1. The van der Waals surface area contributed by atoms with Crippen LogP contribution in [-0.2, 0) is 11.8 Å². The molecule has 2 atom stereocenters. The van der Waals surface area contributed by atoms with Gasteiger partial charge in [-0.05, 0) is 25.5 Å². The SMILES string of the molecule is Cc1cc(C(=O)NC(c2ccccc2)C(C)C(=O)O)n(C)n1. The molecule has 2 aromatic rings. The first-order chi connectivity index (χ1) is 10.4. The van der Waals surface area contributed by atoms with Crippen LogP contribution in [0.1, 0.15) is 34.7 Å². The van der Waals surface area contributed by atoms with Crippen LogP contribution in [0.5, 0.6) is 0 Å². The molecule has 0 fully saturated rings. The molecule has 0 radical (unpaired) electrons. The zero-order valence-corrected chi connectivity index (χ0v) is 12.8. The monoisotopic (exact) mass is 301 g/mol. The van der Waals surface area contributed by atoms with Crippen molar-refractivity contribution in [3.05, 3.63) is 53.3 Å². The van der Waals surface area contributed by atoms with Gasteiger partial charge in [0.25, 0.3) is 5.91 Å². The van der Waals surface area contributed by atoms with E-state index in [0.29, 0.717) is 5.69 Å². The van der Waals surface area contributed by atoms with E-state index in [1.54, 1.807) is 39.1 Å². The van der Waals surface area contributed by atoms with Crippen LogP contribution in [0, 0.1) is 12.8 Å². The maximum atomic E-state index is 12.4. The molecule has 2 N–H and O–H groups in total. The number of aromatic nitrogens is 2. The Labute approximate surface area is 128 Å². The third-order valence-corrected chi connectivity index (χ3v) is 3.57. The van der Waals surface area contributed by atoms with Crippen LogP contribution in [0.2, 0.25) is 0 Å². The predicted octanol–water partition coefficient (Wildman–Crippen LogP) is 1.92. The Morgan fingerprint density at radius 3 is 2.41 bits per heavy atom. The number of carbonyl (C=O) groups is 2. The second-order valence-corrected chi connectivity index (χ2v) is 5.28. The van der Waals surface area contributed by atoms with E-state index in [1.807, 2.05) is 18.2 Å². The Kier molecular flexibility index (Phi) is 4.60. The van der Waals surface area contributed by atoms with Crippen LogP contribution in [0.25, 0.3) is 0 Å². The van der Waals surface area contributed by atoms with Crippen LogP contribution in [0.3, 0.4) is 0 Å². The fraction of sp³-hybridized carbons (Fsp3) is 0.312. The standard InChI is InChI=1S/C16H19N3O3/c1-10-9-13(19(3)18-10)15(20)17-14(11(2)16(21)22)12-7-5-4-6-8-12/h4-9,11,14H,1-3H3,(H,17,20)(H,21,22). The van der Waals surface area contributed by atoms with E-state index in [4.69, 9.17) is 0 Å². The van der Waals surface area contributed by atoms with Gasteiger partial charge in [-0.15, -0.1) is 0 Å². The molecule has 2 rings (SSSR count). The summed E-state index contributed by atoms with van der Waals surface area (Å²) in [6.07, 6.45) is 0. The summed E-state index contributed by atoms with van der Waals surface area (Å²) in [6.45, 7) is 3.38. The molecular formula is C16H19N3O3. The zero-order chi connectivity index (χ0) is 16.3. The Morgan fingerprint density at radius 2 is 1.91 bits per heavy atom. The van der Waals surface area contributed by atoms with Crippen LogP contribution < -0.4 is 5.32 Å². The first kappa shape index (κ1) is 15.8. The number of amides is 1. The summed E-state index contributed by atoms with van der Waals surface area (Å²) in [4.78, 5) is 23.8. The third kappa shape index (κ3) is 3.33. The second-order valence-electron chi connectivity index (χ2n) is 5.28. The highest BCUT2D eigenvalue weighted by Gasteiger charge is 2.27. The average molecular weight is 301 g/mol. The van der Waals surface area contributed by atoms with Crippen molar-refractivity contribution >= 4 is 11.9 Å². The number of hydrogen-bond donors (Lipinski definition) is 2. The van der Waals surface area contributed by atoms with E-state index in [0.717, 1.165) is 11.3 Å². The van der Waals surface area contributed by atoms with Gasteiger partial charge in [0, 0.05) is 7.05 Å². The summed E-state index contributed by atoms with van der Waals surface area (Å²) < 4.78 is 1.48. The van der Waals surface area contributed by atoms with Crippen LogP contribution in [0.15, 0.2) is 36.4 Å². The molecule has 22 heavy (non-hydrogen) atoms. The molecule has 0 aliphatic carbocycles. The molecule has 0 saturated heterocycles. The summed E-state index contributed by atoms with van der Waals surface area (Å²) in [6, 6.07) is 10.1. The van der Waals surface area contributed by atoms with Crippen molar-refractivity contribution in [2.45, 2.75) is 19.9 Å².